The van der Waals surface area contributed by atoms with Gasteiger partial charge in [0.15, 0.2) is 11.6 Å². The number of piperidine rings is 1. The lowest BCUT2D eigenvalue weighted by atomic mass is 10.0. The van der Waals surface area contributed by atoms with Gasteiger partial charge in [0.1, 0.15) is 0 Å². The summed E-state index contributed by atoms with van der Waals surface area (Å²) in [5.74, 6) is -1.53. The molecule has 0 spiro atoms. The predicted octanol–water partition coefficient (Wildman–Crippen LogP) is 2.13. The lowest BCUT2D eigenvalue weighted by Gasteiger charge is -2.41. The third-order valence-corrected chi connectivity index (χ3v) is 5.16. The molecule has 1 aromatic carbocycles. The van der Waals surface area contributed by atoms with Crippen molar-refractivity contribution in [1.29, 1.82) is 0 Å². The molecule has 2 aliphatic rings. The number of likely N-dealkylation sites (tertiary alicyclic amines) is 1. The molecule has 150 valence electrons. The third kappa shape index (κ3) is 5.62. The van der Waals surface area contributed by atoms with Crippen molar-refractivity contribution in [3.8, 4) is 0 Å². The quantitative estimate of drug-likeness (QED) is 0.822. The zero-order valence-electron chi connectivity index (χ0n) is 15.3. The van der Waals surface area contributed by atoms with Crippen LogP contribution in [0.1, 0.15) is 31.2 Å². The van der Waals surface area contributed by atoms with Crippen molar-refractivity contribution in [2.45, 2.75) is 38.1 Å². The van der Waals surface area contributed by atoms with E-state index < -0.39 is 11.6 Å². The van der Waals surface area contributed by atoms with Gasteiger partial charge >= 0.3 is 0 Å². The molecule has 0 bridgehead atoms. The molecule has 1 unspecified atom stereocenters. The molecule has 1 aromatic rings. The average Bonchev–Trinajstić information content (AvgIpc) is 2.65. The second kappa shape index (κ2) is 9.99. The van der Waals surface area contributed by atoms with E-state index in [4.69, 9.17) is 0 Å². The second-order valence-electron chi connectivity index (χ2n) is 7.00. The molecule has 3 rings (SSSR count). The number of halogens is 3. The fourth-order valence-electron chi connectivity index (χ4n) is 3.74. The van der Waals surface area contributed by atoms with Gasteiger partial charge in [0, 0.05) is 38.6 Å². The highest BCUT2D eigenvalue weighted by atomic mass is 35.5. The fourth-order valence-corrected chi connectivity index (χ4v) is 3.74. The first-order valence-electron chi connectivity index (χ1n) is 9.26. The van der Waals surface area contributed by atoms with Crippen LogP contribution in [-0.4, -0.2) is 60.4 Å². The van der Waals surface area contributed by atoms with Crippen LogP contribution in [0.4, 0.5) is 8.78 Å². The van der Waals surface area contributed by atoms with Gasteiger partial charge in [0.25, 0.3) is 0 Å². The maximum atomic E-state index is 13.2. The average molecular weight is 402 g/mol. The van der Waals surface area contributed by atoms with Crippen LogP contribution in [0.5, 0.6) is 0 Å². The molecule has 2 aliphatic heterocycles. The smallest absolute Gasteiger partial charge is 0.236 e. The van der Waals surface area contributed by atoms with E-state index in [0.29, 0.717) is 44.5 Å². The van der Waals surface area contributed by atoms with E-state index in [9.17, 15) is 18.4 Å². The number of carbonyl (C=O) groups is 2. The SMILES string of the molecule is Cl.O=C(CCCc1ccc(F)c(F)c1)N1CCCC(N2CCNCC2=O)C1. The number of amides is 2. The highest BCUT2D eigenvalue weighted by Crippen LogP contribution is 2.19. The molecule has 5 nitrogen and oxygen atoms in total. The molecule has 0 saturated carbocycles. The molecule has 8 heteroatoms. The normalized spacial score (nSPS) is 20.4. The summed E-state index contributed by atoms with van der Waals surface area (Å²) in [6, 6.07) is 3.96. The van der Waals surface area contributed by atoms with Crippen molar-refractivity contribution in [3.05, 3.63) is 35.4 Å². The monoisotopic (exact) mass is 401 g/mol. The largest absolute Gasteiger partial charge is 0.341 e. The van der Waals surface area contributed by atoms with Crippen LogP contribution in [0.3, 0.4) is 0 Å². The van der Waals surface area contributed by atoms with Gasteiger partial charge in [0.05, 0.1) is 6.54 Å². The molecular formula is C19H26ClF2N3O2. The number of aryl methyl sites for hydroxylation is 1. The Bertz CT molecular complexity index is 674. The zero-order valence-corrected chi connectivity index (χ0v) is 16.1. The summed E-state index contributed by atoms with van der Waals surface area (Å²) in [5, 5.41) is 3.07. The van der Waals surface area contributed by atoms with Gasteiger partial charge in [0.2, 0.25) is 11.8 Å². The van der Waals surface area contributed by atoms with Crippen LogP contribution in [0.2, 0.25) is 0 Å². The predicted molar refractivity (Wildman–Crippen MR) is 101 cm³/mol. The van der Waals surface area contributed by atoms with Crippen molar-refractivity contribution in [3.63, 3.8) is 0 Å². The first-order valence-corrected chi connectivity index (χ1v) is 9.26. The fraction of sp³-hybridized carbons (Fsp3) is 0.579. The Hall–Kier alpha value is -1.73. The van der Waals surface area contributed by atoms with Crippen molar-refractivity contribution in [2.75, 3.05) is 32.7 Å². The summed E-state index contributed by atoms with van der Waals surface area (Å²) in [5.41, 5.74) is 0.694. The maximum Gasteiger partial charge on any atom is 0.236 e. The van der Waals surface area contributed by atoms with Crippen LogP contribution in [0.15, 0.2) is 18.2 Å². The standard InChI is InChI=1S/C19H25F2N3O2.ClH/c20-16-7-6-14(11-17(16)21)3-1-5-18(25)23-9-2-4-15(13-23)24-10-8-22-12-19(24)26;/h6-7,11,15,22H,1-5,8-10,12-13H2;1H. The highest BCUT2D eigenvalue weighted by molar-refractivity contribution is 5.85. The van der Waals surface area contributed by atoms with E-state index in [1.54, 1.807) is 6.07 Å². The molecule has 1 atom stereocenters. The number of nitrogens with zero attached hydrogens (tertiary/aromatic N) is 2. The minimum Gasteiger partial charge on any atom is -0.341 e. The molecule has 1 N–H and O–H groups in total. The number of nitrogens with one attached hydrogen (secondary N) is 1. The van der Waals surface area contributed by atoms with Crippen LogP contribution in [0, 0.1) is 11.6 Å². The Balaban J connectivity index is 0.00000261. The van der Waals surface area contributed by atoms with E-state index >= 15 is 0 Å². The summed E-state index contributed by atoms with van der Waals surface area (Å²) < 4.78 is 26.2. The number of hydrogen-bond acceptors (Lipinski definition) is 3. The van der Waals surface area contributed by atoms with E-state index in [1.165, 1.54) is 6.07 Å². The van der Waals surface area contributed by atoms with E-state index in [1.807, 2.05) is 9.80 Å². The summed E-state index contributed by atoms with van der Waals surface area (Å²) >= 11 is 0. The van der Waals surface area contributed by atoms with Gasteiger partial charge in [-0.25, -0.2) is 8.78 Å². The summed E-state index contributed by atoms with van der Waals surface area (Å²) in [7, 11) is 0. The molecule has 0 radical (unpaired) electrons. The van der Waals surface area contributed by atoms with Crippen LogP contribution < -0.4 is 5.32 Å². The van der Waals surface area contributed by atoms with E-state index in [-0.39, 0.29) is 30.3 Å². The van der Waals surface area contributed by atoms with Crippen molar-refractivity contribution < 1.29 is 18.4 Å². The number of hydrogen-bond donors (Lipinski definition) is 1. The summed E-state index contributed by atoms with van der Waals surface area (Å²) in [6.07, 6.45) is 3.34. The minimum absolute atomic E-state index is 0. The zero-order chi connectivity index (χ0) is 18.5. The van der Waals surface area contributed by atoms with E-state index in [2.05, 4.69) is 5.32 Å². The Kier molecular flexibility index (Phi) is 7.98. The number of benzene rings is 1. The van der Waals surface area contributed by atoms with Gasteiger partial charge in [-0.1, -0.05) is 6.07 Å². The van der Waals surface area contributed by atoms with Gasteiger partial charge in [-0.3, -0.25) is 9.59 Å². The van der Waals surface area contributed by atoms with Gasteiger partial charge in [-0.05, 0) is 43.4 Å². The van der Waals surface area contributed by atoms with Crippen molar-refractivity contribution >= 4 is 24.2 Å². The van der Waals surface area contributed by atoms with Gasteiger partial charge in [-0.15, -0.1) is 12.4 Å². The molecule has 2 amide bonds. The molecule has 2 heterocycles. The topological polar surface area (TPSA) is 52.7 Å². The molecule has 0 aromatic heterocycles. The first kappa shape index (κ1) is 21.6. The summed E-state index contributed by atoms with van der Waals surface area (Å²) in [4.78, 5) is 28.3. The molecular weight excluding hydrogens is 376 g/mol. The molecule has 2 fully saturated rings. The third-order valence-electron chi connectivity index (χ3n) is 5.16. The minimum atomic E-state index is -0.855. The Morgan fingerprint density at radius 2 is 2.04 bits per heavy atom. The van der Waals surface area contributed by atoms with Crippen LogP contribution >= 0.6 is 12.4 Å². The van der Waals surface area contributed by atoms with Crippen molar-refractivity contribution in [1.82, 2.24) is 15.1 Å². The number of piperazine rings is 1. The van der Waals surface area contributed by atoms with Crippen molar-refractivity contribution in [2.24, 2.45) is 0 Å². The molecule has 2 saturated heterocycles. The van der Waals surface area contributed by atoms with Crippen LogP contribution in [-0.2, 0) is 16.0 Å². The first-order chi connectivity index (χ1) is 12.5. The van der Waals surface area contributed by atoms with Gasteiger partial charge < -0.3 is 15.1 Å². The number of rotatable bonds is 5. The Morgan fingerprint density at radius 3 is 2.78 bits per heavy atom. The van der Waals surface area contributed by atoms with Crippen LogP contribution in [0.25, 0.3) is 0 Å². The molecule has 0 aliphatic carbocycles. The van der Waals surface area contributed by atoms with E-state index in [0.717, 1.165) is 32.0 Å². The lowest BCUT2D eigenvalue weighted by Crippen LogP contribution is -2.57. The van der Waals surface area contributed by atoms with Gasteiger partial charge in [-0.2, -0.15) is 0 Å². The Morgan fingerprint density at radius 1 is 1.22 bits per heavy atom. The number of carbonyl (C=O) groups excluding carboxylic acids is 2. The Labute approximate surface area is 164 Å². The summed E-state index contributed by atoms with van der Waals surface area (Å²) in [6.45, 7) is 3.18. The second-order valence-corrected chi connectivity index (χ2v) is 7.00. The highest BCUT2D eigenvalue weighted by Gasteiger charge is 2.31. The molecule has 27 heavy (non-hydrogen) atoms. The maximum absolute atomic E-state index is 13.2. The lowest BCUT2D eigenvalue weighted by molar-refractivity contribution is -0.140.